The molecular weight excluding hydrogens is 438 g/mol. The van der Waals surface area contributed by atoms with E-state index < -0.39 is 0 Å². The van der Waals surface area contributed by atoms with E-state index in [1.807, 2.05) is 38.1 Å². The van der Waals surface area contributed by atoms with E-state index >= 15 is 0 Å². The zero-order chi connectivity index (χ0) is 24.3. The van der Waals surface area contributed by atoms with Gasteiger partial charge in [0.05, 0.1) is 27.8 Å². The van der Waals surface area contributed by atoms with Crippen LogP contribution < -0.4 is 4.74 Å². The van der Waals surface area contributed by atoms with Crippen molar-refractivity contribution in [1.29, 1.82) is 0 Å². The zero-order valence-electron chi connectivity index (χ0n) is 20.9. The molecule has 0 unspecified atom stereocenters. The molecule has 0 saturated heterocycles. The molecule has 2 aromatic carbocycles. The molecule has 2 heterocycles. The third kappa shape index (κ3) is 5.53. The summed E-state index contributed by atoms with van der Waals surface area (Å²) in [5.41, 5.74) is 5.74. The summed E-state index contributed by atoms with van der Waals surface area (Å²) in [5.74, 6) is 1.04. The Labute approximate surface area is 206 Å². The summed E-state index contributed by atoms with van der Waals surface area (Å²) in [4.78, 5) is 14.5. The van der Waals surface area contributed by atoms with E-state index in [1.165, 1.54) is 10.7 Å². The van der Waals surface area contributed by atoms with Crippen molar-refractivity contribution in [2.24, 2.45) is 0 Å². The molecule has 2 aromatic heterocycles. The largest absolute Gasteiger partial charge is 0.473 e. The first-order valence-electron chi connectivity index (χ1n) is 11.9. The van der Waals surface area contributed by atoms with Gasteiger partial charge in [0.1, 0.15) is 5.69 Å². The first-order valence-corrected chi connectivity index (χ1v) is 12.8. The summed E-state index contributed by atoms with van der Waals surface area (Å²) in [7, 11) is 0. The Balaban J connectivity index is 1.59. The topological polar surface area (TPSA) is 47.9 Å². The smallest absolute Gasteiger partial charge is 0.241 e. The van der Waals surface area contributed by atoms with Crippen LogP contribution in [0.2, 0.25) is 0 Å². The van der Waals surface area contributed by atoms with Crippen LogP contribution in [0.5, 0.6) is 5.88 Å². The van der Waals surface area contributed by atoms with Crippen LogP contribution in [0.25, 0.3) is 28.4 Å². The van der Waals surface area contributed by atoms with Gasteiger partial charge in [0, 0.05) is 22.3 Å². The first kappa shape index (κ1) is 24.1. The fourth-order valence-corrected chi connectivity index (χ4v) is 4.75. The molecule has 0 spiro atoms. The van der Waals surface area contributed by atoms with Crippen LogP contribution in [0.15, 0.2) is 60.0 Å². The Morgan fingerprint density at radius 2 is 1.68 bits per heavy atom. The maximum absolute atomic E-state index is 6.04. The number of fused-ring (bicyclic) bond motifs is 1. The van der Waals surface area contributed by atoms with E-state index in [1.54, 1.807) is 11.3 Å². The van der Waals surface area contributed by atoms with Crippen molar-refractivity contribution >= 4 is 28.4 Å². The van der Waals surface area contributed by atoms with Crippen LogP contribution in [0.1, 0.15) is 70.1 Å². The highest BCUT2D eigenvalue weighted by Gasteiger charge is 2.23. The Bertz CT molecular complexity index is 1300. The van der Waals surface area contributed by atoms with Gasteiger partial charge < -0.3 is 4.74 Å². The quantitative estimate of drug-likeness (QED) is 0.261. The van der Waals surface area contributed by atoms with Crippen molar-refractivity contribution in [3.63, 3.8) is 0 Å². The number of para-hydroxylation sites is 2. The van der Waals surface area contributed by atoms with Crippen molar-refractivity contribution < 1.29 is 4.74 Å². The van der Waals surface area contributed by atoms with Crippen LogP contribution in [0.4, 0.5) is 0 Å². The highest BCUT2D eigenvalue weighted by atomic mass is 32.1. The molecule has 0 aliphatic heterocycles. The molecule has 4 aromatic rings. The highest BCUT2D eigenvalue weighted by molar-refractivity contribution is 7.09. The molecular formula is C29H33N3OS. The molecule has 0 radical (unpaired) electrons. The minimum atomic E-state index is -0.0140. The number of hydrogen-bond donors (Lipinski definition) is 0. The Morgan fingerprint density at radius 3 is 2.35 bits per heavy atom. The van der Waals surface area contributed by atoms with Crippen molar-refractivity contribution in [1.82, 2.24) is 15.0 Å². The van der Waals surface area contributed by atoms with Gasteiger partial charge in [-0.3, -0.25) is 0 Å². The zero-order valence-corrected chi connectivity index (χ0v) is 21.7. The standard InChI is InChI=1S/C29H33N3OS/c1-19(2)28-32-25(18-34-28)29(5,6)16-10-12-21-11-9-13-22(17-21)26-27(33-20(3)4)31-24-15-8-7-14-23(24)30-26/h7-15,17-20H,16H2,1-6H3/b12-10+. The Hall–Kier alpha value is -3.05. The van der Waals surface area contributed by atoms with E-state index in [9.17, 15) is 0 Å². The first-order chi connectivity index (χ1) is 16.2. The second kappa shape index (κ2) is 10.1. The van der Waals surface area contributed by atoms with Gasteiger partial charge in [-0.05, 0) is 44.0 Å². The monoisotopic (exact) mass is 471 g/mol. The lowest BCUT2D eigenvalue weighted by molar-refractivity contribution is 0.234. The molecule has 4 nitrogen and oxygen atoms in total. The summed E-state index contributed by atoms with van der Waals surface area (Å²) in [5, 5.41) is 3.41. The molecule has 0 amide bonds. The maximum Gasteiger partial charge on any atom is 0.241 e. The van der Waals surface area contributed by atoms with Crippen LogP contribution in [-0.4, -0.2) is 21.1 Å². The van der Waals surface area contributed by atoms with Gasteiger partial charge in [0.2, 0.25) is 5.88 Å². The highest BCUT2D eigenvalue weighted by Crippen LogP contribution is 2.32. The number of ether oxygens (including phenoxy) is 1. The lowest BCUT2D eigenvalue weighted by Crippen LogP contribution is -2.16. The molecule has 176 valence electrons. The average Bonchev–Trinajstić information content (AvgIpc) is 3.30. The van der Waals surface area contributed by atoms with Gasteiger partial charge in [0.25, 0.3) is 0 Å². The van der Waals surface area contributed by atoms with Crippen LogP contribution in [-0.2, 0) is 5.41 Å². The molecule has 34 heavy (non-hydrogen) atoms. The molecule has 0 aliphatic rings. The second-order valence-electron chi connectivity index (χ2n) is 9.87. The number of nitrogens with zero attached hydrogens (tertiary/aromatic N) is 3. The predicted molar refractivity (Wildman–Crippen MR) is 144 cm³/mol. The van der Waals surface area contributed by atoms with Gasteiger partial charge in [0.15, 0.2) is 0 Å². The summed E-state index contributed by atoms with van der Waals surface area (Å²) in [6.45, 7) is 12.9. The van der Waals surface area contributed by atoms with Crippen molar-refractivity contribution in [2.45, 2.75) is 65.4 Å². The maximum atomic E-state index is 6.04. The summed E-state index contributed by atoms with van der Waals surface area (Å²) >= 11 is 1.76. The van der Waals surface area contributed by atoms with Gasteiger partial charge >= 0.3 is 0 Å². The van der Waals surface area contributed by atoms with E-state index in [-0.39, 0.29) is 11.5 Å². The van der Waals surface area contributed by atoms with Gasteiger partial charge in [-0.15, -0.1) is 11.3 Å². The SMILES string of the molecule is CC(C)Oc1nc2ccccc2nc1-c1cccc(/C=C/CC(C)(C)c2csc(C(C)C)n2)c1. The third-order valence-corrected chi connectivity index (χ3v) is 6.84. The molecule has 0 fully saturated rings. The Morgan fingerprint density at radius 1 is 0.941 bits per heavy atom. The fourth-order valence-electron chi connectivity index (χ4n) is 3.72. The number of allylic oxidation sites excluding steroid dienone is 1. The number of aromatic nitrogens is 3. The minimum Gasteiger partial charge on any atom is -0.473 e. The van der Waals surface area contributed by atoms with Gasteiger partial charge in [-0.25, -0.2) is 15.0 Å². The van der Waals surface area contributed by atoms with Crippen molar-refractivity contribution in [3.05, 3.63) is 76.3 Å². The van der Waals surface area contributed by atoms with Crippen molar-refractivity contribution in [2.75, 3.05) is 0 Å². The number of benzene rings is 2. The number of rotatable bonds is 8. The van der Waals surface area contributed by atoms with E-state index in [2.05, 4.69) is 69.5 Å². The Kier molecular flexibility index (Phi) is 7.13. The number of thiazole rings is 1. The van der Waals surface area contributed by atoms with E-state index in [0.29, 0.717) is 11.8 Å². The lowest BCUT2D eigenvalue weighted by atomic mass is 9.86. The van der Waals surface area contributed by atoms with E-state index in [4.69, 9.17) is 19.7 Å². The van der Waals surface area contributed by atoms with Gasteiger partial charge in [-0.1, -0.05) is 70.2 Å². The fraction of sp³-hybridized carbons (Fsp3) is 0.345. The minimum absolute atomic E-state index is 0.0140. The van der Waals surface area contributed by atoms with Crippen LogP contribution >= 0.6 is 11.3 Å². The molecule has 0 bridgehead atoms. The third-order valence-electron chi connectivity index (χ3n) is 5.69. The van der Waals surface area contributed by atoms with Gasteiger partial charge in [-0.2, -0.15) is 0 Å². The molecule has 4 rings (SSSR count). The van der Waals surface area contributed by atoms with Crippen LogP contribution in [0.3, 0.4) is 0 Å². The molecule has 0 atom stereocenters. The summed E-state index contributed by atoms with van der Waals surface area (Å²) in [6.07, 6.45) is 5.35. The van der Waals surface area contributed by atoms with E-state index in [0.717, 1.165) is 34.3 Å². The number of hydrogen-bond acceptors (Lipinski definition) is 5. The normalized spacial score (nSPS) is 12.4. The summed E-state index contributed by atoms with van der Waals surface area (Å²) in [6, 6.07) is 16.3. The predicted octanol–water partition coefficient (Wildman–Crippen LogP) is 8.05. The lowest BCUT2D eigenvalue weighted by Gasteiger charge is -2.20. The van der Waals surface area contributed by atoms with Crippen molar-refractivity contribution in [3.8, 4) is 17.1 Å². The molecule has 0 N–H and O–H groups in total. The molecule has 5 heteroatoms. The molecule has 0 aliphatic carbocycles. The molecule has 0 saturated carbocycles. The van der Waals surface area contributed by atoms with Crippen LogP contribution in [0, 0.1) is 0 Å². The average molecular weight is 472 g/mol. The summed E-state index contributed by atoms with van der Waals surface area (Å²) < 4.78 is 6.04. The second-order valence-corrected chi connectivity index (χ2v) is 10.8.